The van der Waals surface area contributed by atoms with Crippen LogP contribution >= 0.6 is 0 Å². The number of carbonyl (C=O) groups excluding carboxylic acids is 1. The Labute approximate surface area is 184 Å². The number of aromatic nitrogens is 2. The lowest BCUT2D eigenvalue weighted by atomic mass is 10.00. The van der Waals surface area contributed by atoms with Gasteiger partial charge in [0.15, 0.2) is 0 Å². The van der Waals surface area contributed by atoms with Crippen molar-refractivity contribution < 1.29 is 23.2 Å². The number of alkyl carbamates (subject to hydrolysis) is 1. The molecule has 1 aromatic heterocycles. The number of carbonyl (C=O) groups is 1. The number of non-ortho nitro benzene ring substituents is 1. The van der Waals surface area contributed by atoms with Gasteiger partial charge in [-0.3, -0.25) is 15.0 Å². The summed E-state index contributed by atoms with van der Waals surface area (Å²) in [6.45, 7) is 6.94. The minimum atomic E-state index is -3.09. The van der Waals surface area contributed by atoms with E-state index < -0.39 is 35.0 Å². The van der Waals surface area contributed by atoms with Gasteiger partial charge in [0.1, 0.15) is 11.6 Å². The van der Waals surface area contributed by atoms with Gasteiger partial charge in [-0.25, -0.2) is 18.6 Å². The van der Waals surface area contributed by atoms with Crippen molar-refractivity contribution in [2.45, 2.75) is 58.2 Å². The third kappa shape index (κ3) is 6.00. The van der Waals surface area contributed by atoms with Crippen molar-refractivity contribution in [3.63, 3.8) is 0 Å². The lowest BCUT2D eigenvalue weighted by molar-refractivity contribution is -0.384. The summed E-state index contributed by atoms with van der Waals surface area (Å²) in [7, 11) is 0. The maximum atomic E-state index is 14.4. The molecular formula is C21H27F2N5O4. The minimum Gasteiger partial charge on any atom is -0.444 e. The second kappa shape index (κ2) is 8.81. The molecule has 0 radical (unpaired) electrons. The molecule has 0 spiro atoms. The number of nitrogens with one attached hydrogen (secondary N) is 1. The Morgan fingerprint density at radius 3 is 2.69 bits per heavy atom. The van der Waals surface area contributed by atoms with Crippen molar-refractivity contribution >= 4 is 11.8 Å². The number of ether oxygens (including phenoxy) is 1. The van der Waals surface area contributed by atoms with Crippen LogP contribution in [-0.4, -0.2) is 56.1 Å². The number of amides is 1. The van der Waals surface area contributed by atoms with E-state index in [9.17, 15) is 23.7 Å². The number of halogens is 2. The number of alkyl halides is 2. The van der Waals surface area contributed by atoms with Gasteiger partial charge in [-0.2, -0.15) is 0 Å². The van der Waals surface area contributed by atoms with Crippen molar-refractivity contribution in [3.05, 3.63) is 52.1 Å². The molecule has 1 aliphatic heterocycles. The van der Waals surface area contributed by atoms with Gasteiger partial charge in [0, 0.05) is 44.4 Å². The third-order valence-electron chi connectivity index (χ3n) is 4.99. The van der Waals surface area contributed by atoms with Crippen molar-refractivity contribution in [3.8, 4) is 5.69 Å². The average Bonchev–Trinajstić information content (AvgIpc) is 3.09. The highest BCUT2D eigenvalue weighted by Crippen LogP contribution is 2.30. The zero-order valence-electron chi connectivity index (χ0n) is 18.5. The fraction of sp³-hybridized carbons (Fsp3) is 0.524. The number of imidazole rings is 1. The van der Waals surface area contributed by atoms with E-state index >= 15 is 0 Å². The van der Waals surface area contributed by atoms with E-state index in [-0.39, 0.29) is 25.3 Å². The van der Waals surface area contributed by atoms with Crippen LogP contribution in [0, 0.1) is 17.0 Å². The summed E-state index contributed by atoms with van der Waals surface area (Å²) >= 11 is 0. The number of rotatable bonds is 5. The highest BCUT2D eigenvalue weighted by Gasteiger charge is 2.45. The molecule has 0 saturated carbocycles. The maximum absolute atomic E-state index is 14.4. The highest BCUT2D eigenvalue weighted by atomic mass is 19.3. The number of hydrogen-bond acceptors (Lipinski definition) is 6. The van der Waals surface area contributed by atoms with Crippen LogP contribution in [0.1, 0.15) is 38.4 Å². The van der Waals surface area contributed by atoms with Crippen LogP contribution in [0.3, 0.4) is 0 Å². The van der Waals surface area contributed by atoms with E-state index in [1.54, 1.807) is 55.8 Å². The summed E-state index contributed by atoms with van der Waals surface area (Å²) < 4.78 is 35.7. The Bertz CT molecular complexity index is 1000. The molecule has 1 N–H and O–H groups in total. The molecule has 2 aromatic rings. The number of nitro benzene ring substituents is 1. The molecule has 1 atom stereocenters. The number of piperidine rings is 1. The number of nitrogens with zero attached hydrogens (tertiary/aromatic N) is 4. The highest BCUT2D eigenvalue weighted by molar-refractivity contribution is 5.68. The molecule has 11 heteroatoms. The molecule has 0 bridgehead atoms. The molecule has 174 valence electrons. The number of likely N-dealkylation sites (tertiary alicyclic amines) is 1. The third-order valence-corrected chi connectivity index (χ3v) is 4.99. The zero-order valence-corrected chi connectivity index (χ0v) is 18.5. The molecule has 2 heterocycles. The van der Waals surface area contributed by atoms with Gasteiger partial charge in [-0.15, -0.1) is 0 Å². The standard InChI is InChI=1S/C21H27F2N5O4/c1-14-10-27(13-24-14)16-7-15(8-17(9-16)28(30)31)11-26-6-5-21(22,23)18(12-26)25-19(29)32-20(2,3)4/h7-10,13,18H,5-6,11-12H2,1-4H3,(H,25,29)/t18-/m1/s1. The smallest absolute Gasteiger partial charge is 0.408 e. The van der Waals surface area contributed by atoms with E-state index in [4.69, 9.17) is 4.74 Å². The van der Waals surface area contributed by atoms with Crippen LogP contribution < -0.4 is 5.32 Å². The summed E-state index contributed by atoms with van der Waals surface area (Å²) in [6, 6.07) is 3.19. The lowest BCUT2D eigenvalue weighted by Crippen LogP contribution is -2.58. The number of nitro groups is 1. The Balaban J connectivity index is 1.78. The molecule has 0 unspecified atom stereocenters. The van der Waals surface area contributed by atoms with Crippen molar-refractivity contribution in [2.75, 3.05) is 13.1 Å². The summed E-state index contributed by atoms with van der Waals surface area (Å²) in [5.41, 5.74) is 1.00. The van der Waals surface area contributed by atoms with Crippen molar-refractivity contribution in [2.24, 2.45) is 0 Å². The Hall–Kier alpha value is -3.08. The van der Waals surface area contributed by atoms with Crippen molar-refractivity contribution in [1.82, 2.24) is 19.8 Å². The topological polar surface area (TPSA) is 103 Å². The van der Waals surface area contributed by atoms with Gasteiger partial charge in [0.05, 0.1) is 22.6 Å². The van der Waals surface area contributed by atoms with Gasteiger partial charge in [-0.05, 0) is 39.3 Å². The van der Waals surface area contributed by atoms with Crippen LogP contribution in [0.4, 0.5) is 19.3 Å². The molecule has 0 aliphatic carbocycles. The SMILES string of the molecule is Cc1cn(-c2cc(CN3CCC(F)(F)[C@H](NC(=O)OC(C)(C)C)C3)cc([N+](=O)[O-])c2)cn1. The first-order chi connectivity index (χ1) is 14.8. The van der Waals surface area contributed by atoms with Crippen molar-refractivity contribution in [1.29, 1.82) is 0 Å². The number of benzene rings is 1. The molecule has 1 aliphatic rings. The van der Waals surface area contributed by atoms with E-state index in [2.05, 4.69) is 10.3 Å². The summed E-state index contributed by atoms with van der Waals surface area (Å²) in [5.74, 6) is -3.09. The number of aryl methyl sites for hydroxylation is 1. The normalized spacial score (nSPS) is 18.9. The minimum absolute atomic E-state index is 0.0850. The van der Waals surface area contributed by atoms with Gasteiger partial charge >= 0.3 is 6.09 Å². The molecule has 1 aromatic carbocycles. The monoisotopic (exact) mass is 451 g/mol. The van der Waals surface area contributed by atoms with Crippen LogP contribution in [-0.2, 0) is 11.3 Å². The molecule has 9 nitrogen and oxygen atoms in total. The zero-order chi connectivity index (χ0) is 23.7. The largest absolute Gasteiger partial charge is 0.444 e. The molecular weight excluding hydrogens is 424 g/mol. The van der Waals surface area contributed by atoms with E-state index in [1.165, 1.54) is 12.1 Å². The number of hydrogen-bond donors (Lipinski definition) is 1. The summed E-state index contributed by atoms with van der Waals surface area (Å²) in [5, 5.41) is 13.7. The van der Waals surface area contributed by atoms with E-state index in [0.29, 0.717) is 11.3 Å². The van der Waals surface area contributed by atoms with E-state index in [0.717, 1.165) is 5.69 Å². The Kier molecular flexibility index (Phi) is 6.49. The van der Waals surface area contributed by atoms with Crippen LogP contribution in [0.2, 0.25) is 0 Å². The molecule has 1 saturated heterocycles. The maximum Gasteiger partial charge on any atom is 0.408 e. The predicted octanol–water partition coefficient (Wildman–Crippen LogP) is 3.82. The fourth-order valence-corrected chi connectivity index (χ4v) is 3.53. The molecule has 32 heavy (non-hydrogen) atoms. The first kappa shape index (κ1) is 23.6. The molecule has 1 amide bonds. The Morgan fingerprint density at radius 1 is 1.38 bits per heavy atom. The molecule has 1 fully saturated rings. The molecule has 3 rings (SSSR count). The lowest BCUT2D eigenvalue weighted by Gasteiger charge is -2.38. The second-order valence-corrected chi connectivity index (χ2v) is 8.98. The quantitative estimate of drug-likeness (QED) is 0.548. The second-order valence-electron chi connectivity index (χ2n) is 8.98. The van der Waals surface area contributed by atoms with Crippen LogP contribution in [0.25, 0.3) is 5.69 Å². The van der Waals surface area contributed by atoms with Crippen LogP contribution in [0.5, 0.6) is 0 Å². The summed E-state index contributed by atoms with van der Waals surface area (Å²) in [4.78, 5) is 28.8. The van der Waals surface area contributed by atoms with Gasteiger partial charge in [0.25, 0.3) is 11.6 Å². The van der Waals surface area contributed by atoms with Gasteiger partial charge in [0.2, 0.25) is 0 Å². The predicted molar refractivity (Wildman–Crippen MR) is 113 cm³/mol. The van der Waals surface area contributed by atoms with E-state index in [1.807, 2.05) is 0 Å². The summed E-state index contributed by atoms with van der Waals surface area (Å²) in [6.07, 6.45) is 1.94. The first-order valence-electron chi connectivity index (χ1n) is 10.2. The average molecular weight is 451 g/mol. The fourth-order valence-electron chi connectivity index (χ4n) is 3.53. The van der Waals surface area contributed by atoms with Gasteiger partial charge in [-0.1, -0.05) is 0 Å². The van der Waals surface area contributed by atoms with Crippen LogP contribution in [0.15, 0.2) is 30.7 Å². The first-order valence-corrected chi connectivity index (χ1v) is 10.2. The Morgan fingerprint density at radius 2 is 2.09 bits per heavy atom. The van der Waals surface area contributed by atoms with Gasteiger partial charge < -0.3 is 14.6 Å².